The van der Waals surface area contributed by atoms with E-state index in [1.54, 1.807) is 18.0 Å². The number of anilines is 3. The standard InChI is InChI=1S/C22H22N4O/c1-15-13-19(21(27)25(3)18-10-5-4-6-11-18)24-22(23-15)26-16(2)14-17-9-7-8-12-20(17)26/h4-13,16H,14H2,1-3H3. The minimum Gasteiger partial charge on any atom is -0.310 e. The third-order valence-electron chi connectivity index (χ3n) is 4.93. The van der Waals surface area contributed by atoms with Gasteiger partial charge in [-0.15, -0.1) is 0 Å². The molecule has 0 aliphatic carbocycles. The number of carbonyl (C=O) groups excluding carboxylic acids is 1. The number of hydrogen-bond donors (Lipinski definition) is 0. The maximum atomic E-state index is 13.0. The molecule has 0 fully saturated rings. The van der Waals surface area contributed by atoms with Crippen molar-refractivity contribution in [3.05, 3.63) is 77.6 Å². The Hall–Kier alpha value is -3.21. The Morgan fingerprint density at radius 2 is 1.78 bits per heavy atom. The fraction of sp³-hybridized carbons (Fsp3) is 0.227. The van der Waals surface area contributed by atoms with E-state index in [4.69, 9.17) is 0 Å². The molecule has 5 nitrogen and oxygen atoms in total. The summed E-state index contributed by atoms with van der Waals surface area (Å²) in [5.74, 6) is 0.436. The summed E-state index contributed by atoms with van der Waals surface area (Å²) >= 11 is 0. The SMILES string of the molecule is Cc1cc(C(=O)N(C)c2ccccc2)nc(N2c3ccccc3CC2C)n1. The van der Waals surface area contributed by atoms with Gasteiger partial charge in [0.05, 0.1) is 0 Å². The van der Waals surface area contributed by atoms with E-state index < -0.39 is 0 Å². The van der Waals surface area contributed by atoms with Crippen molar-refractivity contribution in [3.63, 3.8) is 0 Å². The van der Waals surface area contributed by atoms with E-state index in [0.717, 1.165) is 23.5 Å². The highest BCUT2D eigenvalue weighted by Gasteiger charge is 2.29. The number of benzene rings is 2. The van der Waals surface area contributed by atoms with E-state index in [-0.39, 0.29) is 11.9 Å². The Morgan fingerprint density at radius 3 is 2.56 bits per heavy atom. The van der Waals surface area contributed by atoms with E-state index >= 15 is 0 Å². The fourth-order valence-electron chi connectivity index (χ4n) is 3.58. The Bertz CT molecular complexity index is 987. The van der Waals surface area contributed by atoms with Crippen molar-refractivity contribution < 1.29 is 4.79 Å². The molecule has 1 aromatic heterocycles. The minimum absolute atomic E-state index is 0.145. The molecule has 1 aliphatic rings. The number of nitrogens with zero attached hydrogens (tertiary/aromatic N) is 4. The number of carbonyl (C=O) groups is 1. The van der Waals surface area contributed by atoms with Crippen LogP contribution in [-0.2, 0) is 6.42 Å². The van der Waals surface area contributed by atoms with Crippen molar-refractivity contribution in [1.82, 2.24) is 9.97 Å². The molecule has 1 aliphatic heterocycles. The Labute approximate surface area is 159 Å². The Kier molecular flexibility index (Phi) is 4.36. The first-order valence-corrected chi connectivity index (χ1v) is 9.10. The topological polar surface area (TPSA) is 49.3 Å². The largest absolute Gasteiger partial charge is 0.310 e. The van der Waals surface area contributed by atoms with Crippen LogP contribution in [0.1, 0.15) is 28.7 Å². The van der Waals surface area contributed by atoms with Gasteiger partial charge < -0.3 is 9.80 Å². The van der Waals surface area contributed by atoms with E-state index in [9.17, 15) is 4.79 Å². The van der Waals surface area contributed by atoms with Crippen LogP contribution in [0.3, 0.4) is 0 Å². The highest BCUT2D eigenvalue weighted by Crippen LogP contribution is 2.36. The molecule has 0 saturated heterocycles. The maximum Gasteiger partial charge on any atom is 0.276 e. The van der Waals surface area contributed by atoms with E-state index in [1.165, 1.54) is 5.56 Å². The van der Waals surface area contributed by atoms with Gasteiger partial charge in [-0.05, 0) is 50.1 Å². The highest BCUT2D eigenvalue weighted by atomic mass is 16.2. The molecule has 0 bridgehead atoms. The van der Waals surface area contributed by atoms with Crippen LogP contribution >= 0.6 is 0 Å². The van der Waals surface area contributed by atoms with Crippen LogP contribution in [-0.4, -0.2) is 29.0 Å². The van der Waals surface area contributed by atoms with Gasteiger partial charge in [0.25, 0.3) is 5.91 Å². The predicted molar refractivity (Wildman–Crippen MR) is 108 cm³/mol. The van der Waals surface area contributed by atoms with Gasteiger partial charge in [0.1, 0.15) is 5.69 Å². The van der Waals surface area contributed by atoms with Crippen LogP contribution in [0.5, 0.6) is 0 Å². The average Bonchev–Trinajstić information content (AvgIpc) is 3.02. The summed E-state index contributed by atoms with van der Waals surface area (Å²) in [4.78, 5) is 26.0. The van der Waals surface area contributed by atoms with Crippen molar-refractivity contribution in [3.8, 4) is 0 Å². The van der Waals surface area contributed by atoms with Crippen LogP contribution < -0.4 is 9.80 Å². The Balaban J connectivity index is 1.71. The molecular weight excluding hydrogens is 336 g/mol. The number of fused-ring (bicyclic) bond motifs is 1. The van der Waals surface area contributed by atoms with Crippen LogP contribution in [0.25, 0.3) is 0 Å². The second-order valence-corrected chi connectivity index (χ2v) is 6.95. The van der Waals surface area contributed by atoms with Gasteiger partial charge in [0.15, 0.2) is 0 Å². The van der Waals surface area contributed by atoms with Crippen molar-refractivity contribution in [1.29, 1.82) is 0 Å². The lowest BCUT2D eigenvalue weighted by molar-refractivity contribution is 0.0988. The van der Waals surface area contributed by atoms with E-state index in [0.29, 0.717) is 11.6 Å². The number of rotatable bonds is 3. The summed E-state index contributed by atoms with van der Waals surface area (Å²) in [7, 11) is 1.77. The fourth-order valence-corrected chi connectivity index (χ4v) is 3.58. The molecule has 3 aromatic rings. The molecule has 2 aromatic carbocycles. The van der Waals surface area contributed by atoms with Crippen molar-refractivity contribution in [2.45, 2.75) is 26.3 Å². The zero-order valence-corrected chi connectivity index (χ0v) is 15.8. The normalized spacial score (nSPS) is 15.5. The lowest BCUT2D eigenvalue weighted by Gasteiger charge is -2.24. The summed E-state index contributed by atoms with van der Waals surface area (Å²) in [6, 6.07) is 19.9. The molecule has 5 heteroatoms. The lowest BCUT2D eigenvalue weighted by atomic mass is 10.1. The average molecular weight is 358 g/mol. The van der Waals surface area contributed by atoms with Gasteiger partial charge in [0, 0.05) is 30.2 Å². The smallest absolute Gasteiger partial charge is 0.276 e. The zero-order valence-electron chi connectivity index (χ0n) is 15.8. The van der Waals surface area contributed by atoms with Gasteiger partial charge in [0.2, 0.25) is 5.95 Å². The van der Waals surface area contributed by atoms with Crippen molar-refractivity contribution in [2.75, 3.05) is 16.8 Å². The molecule has 0 saturated carbocycles. The van der Waals surface area contributed by atoms with Gasteiger partial charge in [-0.2, -0.15) is 0 Å². The maximum absolute atomic E-state index is 13.0. The summed E-state index contributed by atoms with van der Waals surface area (Å²) < 4.78 is 0. The number of amides is 1. The van der Waals surface area contributed by atoms with Crippen molar-refractivity contribution >= 4 is 23.2 Å². The molecule has 1 amide bonds. The van der Waals surface area contributed by atoms with Crippen LogP contribution in [0.2, 0.25) is 0 Å². The van der Waals surface area contributed by atoms with Crippen LogP contribution in [0, 0.1) is 6.92 Å². The van der Waals surface area contributed by atoms with Crippen LogP contribution in [0.15, 0.2) is 60.7 Å². The van der Waals surface area contributed by atoms with Crippen LogP contribution in [0.4, 0.5) is 17.3 Å². The number of para-hydroxylation sites is 2. The quantitative estimate of drug-likeness (QED) is 0.706. The molecular formula is C22H22N4O. The third kappa shape index (κ3) is 3.16. The minimum atomic E-state index is -0.145. The number of hydrogen-bond acceptors (Lipinski definition) is 4. The summed E-state index contributed by atoms with van der Waals surface area (Å²) in [6.45, 7) is 4.06. The first-order valence-electron chi connectivity index (χ1n) is 9.10. The first-order chi connectivity index (χ1) is 13.0. The van der Waals surface area contributed by atoms with E-state index in [2.05, 4.69) is 40.0 Å². The van der Waals surface area contributed by atoms with E-state index in [1.807, 2.05) is 43.3 Å². The molecule has 1 unspecified atom stereocenters. The second kappa shape index (κ2) is 6.83. The van der Waals surface area contributed by atoms with Crippen molar-refractivity contribution in [2.24, 2.45) is 0 Å². The molecule has 1 atom stereocenters. The third-order valence-corrected chi connectivity index (χ3v) is 4.93. The predicted octanol–water partition coefficient (Wildman–Crippen LogP) is 4.14. The molecule has 0 N–H and O–H groups in total. The monoisotopic (exact) mass is 358 g/mol. The first kappa shape index (κ1) is 17.2. The zero-order chi connectivity index (χ0) is 19.0. The summed E-state index contributed by atoms with van der Waals surface area (Å²) in [5.41, 5.74) is 4.41. The Morgan fingerprint density at radius 1 is 1.07 bits per heavy atom. The molecule has 4 rings (SSSR count). The summed E-state index contributed by atoms with van der Waals surface area (Å²) in [6.07, 6.45) is 0.945. The second-order valence-electron chi connectivity index (χ2n) is 6.95. The number of aromatic nitrogens is 2. The number of aryl methyl sites for hydroxylation is 1. The summed E-state index contributed by atoms with van der Waals surface area (Å²) in [5, 5.41) is 0. The van der Waals surface area contributed by atoms with Gasteiger partial charge in [-0.25, -0.2) is 9.97 Å². The highest BCUT2D eigenvalue weighted by molar-refractivity contribution is 6.04. The van der Waals surface area contributed by atoms with Gasteiger partial charge in [-0.1, -0.05) is 36.4 Å². The molecule has 0 spiro atoms. The van der Waals surface area contributed by atoms with Gasteiger partial charge >= 0.3 is 0 Å². The molecule has 2 heterocycles. The molecule has 27 heavy (non-hydrogen) atoms. The van der Waals surface area contributed by atoms with Gasteiger partial charge in [-0.3, -0.25) is 4.79 Å². The molecule has 136 valence electrons. The lowest BCUT2D eigenvalue weighted by Crippen LogP contribution is -2.30. The molecule has 0 radical (unpaired) electrons.